The van der Waals surface area contributed by atoms with Gasteiger partial charge in [0, 0.05) is 43.3 Å². The zero-order chi connectivity index (χ0) is 22.0. The summed E-state index contributed by atoms with van der Waals surface area (Å²) < 4.78 is 33.7. The summed E-state index contributed by atoms with van der Waals surface area (Å²) in [5, 5.41) is 0.636. The van der Waals surface area contributed by atoms with Gasteiger partial charge in [0.2, 0.25) is 15.9 Å². The normalized spacial score (nSPS) is 16.0. The number of halogens is 1. The molecule has 0 bridgehead atoms. The minimum Gasteiger partial charge on any atom is -0.441 e. The predicted octanol–water partition coefficient (Wildman–Crippen LogP) is 4.37. The fourth-order valence-electron chi connectivity index (χ4n) is 3.85. The van der Waals surface area contributed by atoms with Crippen LogP contribution in [0.15, 0.2) is 57.8 Å². The van der Waals surface area contributed by atoms with E-state index in [2.05, 4.69) is 9.88 Å². The number of piperazine rings is 1. The zero-order valence-corrected chi connectivity index (χ0v) is 19.3. The quantitative estimate of drug-likeness (QED) is 0.547. The van der Waals surface area contributed by atoms with Crippen LogP contribution < -0.4 is 0 Å². The fourth-order valence-corrected chi connectivity index (χ4v) is 5.75. The highest BCUT2D eigenvalue weighted by molar-refractivity contribution is 7.89. The first-order valence-corrected chi connectivity index (χ1v) is 12.2. The molecule has 31 heavy (non-hydrogen) atoms. The highest BCUT2D eigenvalue weighted by Crippen LogP contribution is 2.26. The van der Waals surface area contributed by atoms with Crippen LogP contribution in [0, 0.1) is 6.92 Å². The van der Waals surface area contributed by atoms with E-state index in [-0.39, 0.29) is 0 Å². The molecule has 0 atom stereocenters. The van der Waals surface area contributed by atoms with Gasteiger partial charge in [-0.05, 0) is 43.2 Å². The van der Waals surface area contributed by atoms with E-state index >= 15 is 0 Å². The van der Waals surface area contributed by atoms with Crippen molar-refractivity contribution in [2.45, 2.75) is 31.7 Å². The van der Waals surface area contributed by atoms with E-state index in [0.717, 1.165) is 22.6 Å². The second kappa shape index (κ2) is 9.12. The molecule has 0 aliphatic carbocycles. The van der Waals surface area contributed by atoms with E-state index < -0.39 is 10.0 Å². The van der Waals surface area contributed by atoms with Crippen molar-refractivity contribution in [1.29, 1.82) is 0 Å². The highest BCUT2D eigenvalue weighted by atomic mass is 35.5. The molecule has 8 heteroatoms. The van der Waals surface area contributed by atoms with E-state index in [0.29, 0.717) is 55.0 Å². The van der Waals surface area contributed by atoms with Gasteiger partial charge in [-0.2, -0.15) is 4.31 Å². The Labute approximate surface area is 188 Å². The number of sulfonamides is 1. The maximum atomic E-state index is 13.1. The summed E-state index contributed by atoms with van der Waals surface area (Å²) in [5.74, 6) is 1.31. The number of nitrogens with zero attached hydrogens (tertiary/aromatic N) is 3. The predicted molar refractivity (Wildman–Crippen MR) is 122 cm³/mol. The first kappa shape index (κ1) is 22.0. The molecule has 2 heterocycles. The third kappa shape index (κ3) is 4.70. The Hall–Kier alpha value is -2.19. The third-order valence-corrected chi connectivity index (χ3v) is 7.87. The van der Waals surface area contributed by atoms with Crippen LogP contribution in [0.4, 0.5) is 0 Å². The number of aryl methyl sites for hydroxylation is 2. The maximum absolute atomic E-state index is 13.1. The van der Waals surface area contributed by atoms with Crippen LogP contribution in [0.5, 0.6) is 0 Å². The second-order valence-corrected chi connectivity index (χ2v) is 10.0. The van der Waals surface area contributed by atoms with Gasteiger partial charge >= 0.3 is 0 Å². The molecule has 1 saturated heterocycles. The number of rotatable bonds is 6. The summed E-state index contributed by atoms with van der Waals surface area (Å²) in [7, 11) is -3.49. The first-order chi connectivity index (χ1) is 14.9. The number of benzene rings is 2. The molecule has 164 valence electrons. The van der Waals surface area contributed by atoms with Gasteiger partial charge in [0.25, 0.3) is 0 Å². The van der Waals surface area contributed by atoms with Crippen molar-refractivity contribution in [3.63, 3.8) is 0 Å². The molecule has 6 nitrogen and oxygen atoms in total. The first-order valence-electron chi connectivity index (χ1n) is 10.4. The summed E-state index contributed by atoms with van der Waals surface area (Å²) >= 11 is 6.08. The van der Waals surface area contributed by atoms with Crippen molar-refractivity contribution in [1.82, 2.24) is 14.2 Å². The van der Waals surface area contributed by atoms with Crippen LogP contribution in [0.2, 0.25) is 5.02 Å². The van der Waals surface area contributed by atoms with Gasteiger partial charge < -0.3 is 4.42 Å². The smallest absolute Gasteiger partial charge is 0.243 e. The van der Waals surface area contributed by atoms with Gasteiger partial charge in [-0.15, -0.1) is 0 Å². The number of oxazole rings is 1. The molecule has 0 unspecified atom stereocenters. The number of aromatic nitrogens is 1. The van der Waals surface area contributed by atoms with E-state index in [4.69, 9.17) is 16.0 Å². The summed E-state index contributed by atoms with van der Waals surface area (Å²) in [6.07, 6.45) is 0.690. The molecule has 0 spiro atoms. The highest BCUT2D eigenvalue weighted by Gasteiger charge is 2.30. The minimum absolute atomic E-state index is 0.421. The fraction of sp³-hybridized carbons (Fsp3) is 0.348. The van der Waals surface area contributed by atoms with Gasteiger partial charge in [0.1, 0.15) is 5.76 Å². The summed E-state index contributed by atoms with van der Waals surface area (Å²) in [4.78, 5) is 7.29. The Balaban J connectivity index is 1.43. The number of hydrogen-bond donors (Lipinski definition) is 0. The molecule has 1 aromatic heterocycles. The Morgan fingerprint density at radius 3 is 2.52 bits per heavy atom. The maximum Gasteiger partial charge on any atom is 0.243 e. The average Bonchev–Trinajstić information content (AvgIpc) is 3.14. The Bertz CT molecular complexity index is 1170. The van der Waals surface area contributed by atoms with Gasteiger partial charge in [-0.25, -0.2) is 13.4 Å². The molecule has 0 saturated carbocycles. The van der Waals surface area contributed by atoms with E-state index in [9.17, 15) is 8.42 Å². The van der Waals surface area contributed by atoms with Crippen molar-refractivity contribution in [3.05, 3.63) is 70.6 Å². The standard InChI is InChI=1S/C23H26ClN3O3S/c1-3-18-7-4-5-10-22(18)31(28,29)27-13-11-26(12-14-27)16-21-17(2)30-23(25-21)19-8-6-9-20(24)15-19/h4-10,15H,3,11-14,16H2,1-2H3. The minimum atomic E-state index is -3.49. The molecule has 1 fully saturated rings. The lowest BCUT2D eigenvalue weighted by atomic mass is 10.2. The SMILES string of the molecule is CCc1ccccc1S(=O)(=O)N1CCN(Cc2nc(-c3cccc(Cl)c3)oc2C)CC1. The lowest BCUT2D eigenvalue weighted by Crippen LogP contribution is -2.48. The van der Waals surface area contributed by atoms with Crippen LogP contribution in [-0.4, -0.2) is 48.8 Å². The lowest BCUT2D eigenvalue weighted by Gasteiger charge is -2.34. The summed E-state index contributed by atoms with van der Waals surface area (Å²) in [6, 6.07) is 14.7. The van der Waals surface area contributed by atoms with Gasteiger partial charge in [-0.3, -0.25) is 4.90 Å². The Morgan fingerprint density at radius 1 is 1.06 bits per heavy atom. The average molecular weight is 460 g/mol. The van der Waals surface area contributed by atoms with Crippen LogP contribution in [-0.2, 0) is 23.0 Å². The van der Waals surface area contributed by atoms with Crippen molar-refractivity contribution in [2.24, 2.45) is 0 Å². The van der Waals surface area contributed by atoms with Gasteiger partial charge in [-0.1, -0.05) is 42.8 Å². The third-order valence-electron chi connectivity index (χ3n) is 5.64. The molecule has 4 rings (SSSR count). The lowest BCUT2D eigenvalue weighted by molar-refractivity contribution is 0.179. The number of hydrogen-bond acceptors (Lipinski definition) is 5. The molecular weight excluding hydrogens is 434 g/mol. The van der Waals surface area contributed by atoms with Gasteiger partial charge in [0.15, 0.2) is 0 Å². The molecule has 0 N–H and O–H groups in total. The van der Waals surface area contributed by atoms with Crippen LogP contribution in [0.3, 0.4) is 0 Å². The molecule has 1 aliphatic heterocycles. The largest absolute Gasteiger partial charge is 0.441 e. The molecule has 3 aromatic rings. The van der Waals surface area contributed by atoms with Crippen LogP contribution >= 0.6 is 11.6 Å². The molecule has 1 aliphatic rings. The summed E-state index contributed by atoms with van der Waals surface area (Å²) in [5.41, 5.74) is 2.56. The van der Waals surface area contributed by atoms with Crippen LogP contribution in [0.25, 0.3) is 11.5 Å². The molecule has 0 radical (unpaired) electrons. The van der Waals surface area contributed by atoms with Crippen LogP contribution in [0.1, 0.15) is 23.9 Å². The van der Waals surface area contributed by atoms with Crippen molar-refractivity contribution in [2.75, 3.05) is 26.2 Å². The van der Waals surface area contributed by atoms with E-state index in [1.807, 2.05) is 50.2 Å². The Kier molecular flexibility index (Phi) is 6.48. The summed E-state index contributed by atoms with van der Waals surface area (Å²) in [6.45, 7) is 6.70. The molecular formula is C23H26ClN3O3S. The monoisotopic (exact) mass is 459 g/mol. The Morgan fingerprint density at radius 2 is 1.81 bits per heavy atom. The van der Waals surface area contributed by atoms with Gasteiger partial charge in [0.05, 0.1) is 10.6 Å². The topological polar surface area (TPSA) is 66.7 Å². The second-order valence-electron chi connectivity index (χ2n) is 7.67. The zero-order valence-electron chi connectivity index (χ0n) is 17.7. The van der Waals surface area contributed by atoms with Crippen molar-refractivity contribution < 1.29 is 12.8 Å². The van der Waals surface area contributed by atoms with Crippen molar-refractivity contribution in [3.8, 4) is 11.5 Å². The molecule has 2 aromatic carbocycles. The molecule has 0 amide bonds. The van der Waals surface area contributed by atoms with E-state index in [1.54, 1.807) is 16.4 Å². The van der Waals surface area contributed by atoms with E-state index in [1.165, 1.54) is 0 Å². The van der Waals surface area contributed by atoms with Crippen molar-refractivity contribution >= 4 is 21.6 Å².